The summed E-state index contributed by atoms with van der Waals surface area (Å²) in [6, 6.07) is 0. The topological polar surface area (TPSA) is 37.3 Å². The Kier molecular flexibility index (Phi) is 17.3. The van der Waals surface area contributed by atoms with Crippen LogP contribution in [0.3, 0.4) is 0 Å². The fourth-order valence-electron chi connectivity index (χ4n) is 1.85. The summed E-state index contributed by atoms with van der Waals surface area (Å²) in [7, 11) is 0. The van der Waals surface area contributed by atoms with Crippen molar-refractivity contribution in [2.24, 2.45) is 0 Å². The molecule has 0 aromatic rings. The Bertz CT molecular complexity index is 462. The van der Waals surface area contributed by atoms with E-state index in [1.54, 1.807) is 0 Å². The van der Waals surface area contributed by atoms with E-state index in [0.717, 1.165) is 38.5 Å². The molecule has 0 aromatic carbocycles. The average Bonchev–Trinajstić information content (AvgIpc) is 2.56. The van der Waals surface area contributed by atoms with Gasteiger partial charge in [0.05, 0.1) is 0 Å². The van der Waals surface area contributed by atoms with E-state index in [9.17, 15) is 4.79 Å². The fraction of sp³-hybridized carbons (Fsp3) is 0.409. The van der Waals surface area contributed by atoms with Crippen molar-refractivity contribution in [3.05, 3.63) is 72.9 Å². The van der Waals surface area contributed by atoms with Crippen LogP contribution in [0.2, 0.25) is 0 Å². The third-order valence-electron chi connectivity index (χ3n) is 3.12. The Morgan fingerprint density at radius 2 is 0.958 bits per heavy atom. The van der Waals surface area contributed by atoms with E-state index in [0.29, 0.717) is 6.42 Å². The molecule has 0 aliphatic carbocycles. The van der Waals surface area contributed by atoms with E-state index >= 15 is 0 Å². The lowest BCUT2D eigenvalue weighted by molar-refractivity contribution is -0.136. The molecule has 2 heteroatoms. The highest BCUT2D eigenvalue weighted by Crippen LogP contribution is 1.97. The number of carbonyl (C=O) groups is 1. The number of allylic oxidation sites excluding steroid dienone is 12. The van der Waals surface area contributed by atoms with E-state index in [1.165, 1.54) is 0 Å². The molecule has 1 N–H and O–H groups in total. The zero-order valence-corrected chi connectivity index (χ0v) is 14.9. The first kappa shape index (κ1) is 21.9. The van der Waals surface area contributed by atoms with Crippen LogP contribution >= 0.6 is 0 Å². The van der Waals surface area contributed by atoms with Gasteiger partial charge in [-0.1, -0.05) is 79.8 Å². The van der Waals surface area contributed by atoms with Crippen molar-refractivity contribution in [1.29, 1.82) is 0 Å². The third-order valence-corrected chi connectivity index (χ3v) is 3.12. The molecule has 132 valence electrons. The molecular formula is C22H32O2. The van der Waals surface area contributed by atoms with Crippen LogP contribution in [0.1, 0.15) is 58.3 Å². The molecule has 0 spiro atoms. The molecular weight excluding hydrogens is 296 g/mol. The van der Waals surface area contributed by atoms with Gasteiger partial charge in [-0.3, -0.25) is 4.79 Å². The van der Waals surface area contributed by atoms with E-state index < -0.39 is 5.97 Å². The smallest absolute Gasteiger partial charge is 0.303 e. The first-order chi connectivity index (χ1) is 11.8. The molecule has 0 heterocycles. The zero-order valence-electron chi connectivity index (χ0n) is 14.9. The van der Waals surface area contributed by atoms with Gasteiger partial charge in [0.1, 0.15) is 0 Å². The molecule has 0 aliphatic rings. The SMILES string of the molecule is CC/C=C\C/C=C/C/C=C/C/C=C/C/C=C/C/C=C/CCC(=O)O. The number of hydrogen-bond acceptors (Lipinski definition) is 1. The van der Waals surface area contributed by atoms with Gasteiger partial charge in [-0.15, -0.1) is 0 Å². The van der Waals surface area contributed by atoms with Crippen LogP contribution < -0.4 is 0 Å². The molecule has 0 aromatic heterocycles. The minimum absolute atomic E-state index is 0.210. The highest BCUT2D eigenvalue weighted by Gasteiger charge is 1.90. The Hall–Kier alpha value is -2.09. The van der Waals surface area contributed by atoms with Gasteiger partial charge in [0.25, 0.3) is 0 Å². The van der Waals surface area contributed by atoms with Crippen molar-refractivity contribution in [3.63, 3.8) is 0 Å². The van der Waals surface area contributed by atoms with Crippen molar-refractivity contribution in [3.8, 4) is 0 Å². The van der Waals surface area contributed by atoms with Gasteiger partial charge in [0, 0.05) is 6.42 Å². The van der Waals surface area contributed by atoms with Crippen LogP contribution in [0.15, 0.2) is 72.9 Å². The van der Waals surface area contributed by atoms with E-state index in [2.05, 4.69) is 67.7 Å². The van der Waals surface area contributed by atoms with Crippen LogP contribution in [0.25, 0.3) is 0 Å². The molecule has 0 atom stereocenters. The lowest BCUT2D eigenvalue weighted by atomic mass is 10.2. The Labute approximate surface area is 147 Å². The quantitative estimate of drug-likeness (QED) is 0.367. The summed E-state index contributed by atoms with van der Waals surface area (Å²) >= 11 is 0. The maximum Gasteiger partial charge on any atom is 0.303 e. The van der Waals surface area contributed by atoms with Crippen LogP contribution in [-0.2, 0) is 4.79 Å². The first-order valence-corrected chi connectivity index (χ1v) is 8.89. The average molecular weight is 328 g/mol. The molecule has 0 rings (SSSR count). The summed E-state index contributed by atoms with van der Waals surface area (Å²) < 4.78 is 0. The predicted octanol–water partition coefficient (Wildman–Crippen LogP) is 6.55. The van der Waals surface area contributed by atoms with Gasteiger partial charge < -0.3 is 5.11 Å². The second-order valence-corrected chi connectivity index (χ2v) is 5.35. The molecule has 0 radical (unpaired) electrons. The molecule has 0 unspecified atom stereocenters. The lowest BCUT2D eigenvalue weighted by Gasteiger charge is -1.87. The summed E-state index contributed by atoms with van der Waals surface area (Å²) in [4.78, 5) is 10.3. The number of rotatable bonds is 14. The van der Waals surface area contributed by atoms with Gasteiger partial charge in [0.15, 0.2) is 0 Å². The van der Waals surface area contributed by atoms with Crippen molar-refractivity contribution < 1.29 is 9.90 Å². The van der Waals surface area contributed by atoms with E-state index in [-0.39, 0.29) is 6.42 Å². The van der Waals surface area contributed by atoms with Crippen molar-refractivity contribution in [1.82, 2.24) is 0 Å². The first-order valence-electron chi connectivity index (χ1n) is 8.89. The van der Waals surface area contributed by atoms with Gasteiger partial charge in [-0.05, 0) is 44.9 Å². The van der Waals surface area contributed by atoms with Crippen LogP contribution in [0, 0.1) is 0 Å². The minimum Gasteiger partial charge on any atom is -0.481 e. The summed E-state index contributed by atoms with van der Waals surface area (Å²) in [5.41, 5.74) is 0. The van der Waals surface area contributed by atoms with Gasteiger partial charge in [0.2, 0.25) is 0 Å². The van der Waals surface area contributed by atoms with Crippen LogP contribution in [0.5, 0.6) is 0 Å². The maximum absolute atomic E-state index is 10.3. The second kappa shape index (κ2) is 19.0. The number of hydrogen-bond donors (Lipinski definition) is 1. The standard InChI is InChI=1S/C22H32O2/c1-2-3-4-5-6-7-8-9-10-11-12-13-14-15-16-17-18-19-20-21-22(23)24/h3-4,6-7,9-10,12-13,15-16,18-19H,2,5,8,11,14,17,20-21H2,1H3,(H,23,24)/b4-3-,7-6+,10-9+,13-12+,16-15+,19-18+. The molecule has 0 bridgehead atoms. The minimum atomic E-state index is -0.741. The van der Waals surface area contributed by atoms with Gasteiger partial charge >= 0.3 is 5.97 Å². The van der Waals surface area contributed by atoms with Crippen LogP contribution in [0.4, 0.5) is 0 Å². The monoisotopic (exact) mass is 328 g/mol. The summed E-state index contributed by atoms with van der Waals surface area (Å²) in [5, 5.41) is 8.49. The molecule has 0 saturated heterocycles. The predicted molar refractivity (Wildman–Crippen MR) is 105 cm³/mol. The third kappa shape index (κ3) is 19.9. The Balaban J connectivity index is 3.51. The fourth-order valence-corrected chi connectivity index (χ4v) is 1.85. The zero-order chi connectivity index (χ0) is 17.7. The maximum atomic E-state index is 10.3. The highest BCUT2D eigenvalue weighted by atomic mass is 16.4. The molecule has 0 fully saturated rings. The van der Waals surface area contributed by atoms with Crippen LogP contribution in [-0.4, -0.2) is 11.1 Å². The Morgan fingerprint density at radius 3 is 1.29 bits per heavy atom. The molecule has 24 heavy (non-hydrogen) atoms. The molecule has 2 nitrogen and oxygen atoms in total. The number of carboxylic acid groups (broad SMARTS) is 1. The van der Waals surface area contributed by atoms with E-state index in [1.807, 2.05) is 12.2 Å². The van der Waals surface area contributed by atoms with Gasteiger partial charge in [-0.2, -0.15) is 0 Å². The van der Waals surface area contributed by atoms with Gasteiger partial charge in [-0.25, -0.2) is 0 Å². The number of carboxylic acids is 1. The summed E-state index contributed by atoms with van der Waals surface area (Å²) in [6.45, 7) is 2.15. The van der Waals surface area contributed by atoms with Crippen molar-refractivity contribution in [2.45, 2.75) is 58.3 Å². The van der Waals surface area contributed by atoms with Crippen molar-refractivity contribution in [2.75, 3.05) is 0 Å². The summed E-state index contributed by atoms with van der Waals surface area (Å²) in [6.07, 6.45) is 32.5. The van der Waals surface area contributed by atoms with Crippen molar-refractivity contribution >= 4 is 5.97 Å². The molecule has 0 amide bonds. The number of aliphatic carboxylic acids is 1. The molecule has 0 saturated carbocycles. The Morgan fingerprint density at radius 1 is 0.625 bits per heavy atom. The normalized spacial score (nSPS) is 13.0. The molecule has 0 aliphatic heterocycles. The largest absolute Gasteiger partial charge is 0.481 e. The highest BCUT2D eigenvalue weighted by molar-refractivity contribution is 5.66. The lowest BCUT2D eigenvalue weighted by Crippen LogP contribution is -1.91. The second-order valence-electron chi connectivity index (χ2n) is 5.35. The van der Waals surface area contributed by atoms with E-state index in [4.69, 9.17) is 5.11 Å². The summed E-state index contributed by atoms with van der Waals surface area (Å²) in [5.74, 6) is -0.741.